The van der Waals surface area contributed by atoms with Crippen molar-refractivity contribution in [2.45, 2.75) is 6.92 Å². The number of nitrogens with two attached hydrogens (primary N) is 1. The summed E-state index contributed by atoms with van der Waals surface area (Å²) >= 11 is 11.0. The molecule has 0 aromatic heterocycles. The minimum atomic E-state index is 0.126. The van der Waals surface area contributed by atoms with Gasteiger partial charge in [0, 0.05) is 11.1 Å². The molecule has 0 unspecified atom stereocenters. The molecule has 0 fully saturated rings. The fourth-order valence-electron chi connectivity index (χ4n) is 1.88. The number of hydrogen-bond donors (Lipinski definition) is 3. The van der Waals surface area contributed by atoms with Crippen LogP contribution in [-0.4, -0.2) is 10.2 Å². The number of hydrogen-bond acceptors (Lipinski definition) is 2. The van der Waals surface area contributed by atoms with Crippen LogP contribution in [-0.2, 0) is 0 Å². The highest BCUT2D eigenvalue weighted by Gasteiger charge is 2.13. The molecule has 4 N–H and O–H groups in total. The monoisotopic (exact) mass is 292 g/mol. The lowest BCUT2D eigenvalue weighted by Crippen LogP contribution is -2.19. The maximum Gasteiger partial charge on any atom is 0.168 e. The van der Waals surface area contributed by atoms with Gasteiger partial charge in [-0.15, -0.1) is 0 Å². The molecular weight excluding hydrogens is 280 g/mol. The first kappa shape index (κ1) is 13.6. The molecular formula is C14H13ClN2OS. The molecule has 0 aliphatic heterocycles. The molecule has 0 amide bonds. The van der Waals surface area contributed by atoms with Crippen LogP contribution in [0.2, 0.25) is 5.02 Å². The number of benzene rings is 2. The van der Waals surface area contributed by atoms with Gasteiger partial charge in [-0.25, -0.2) is 0 Å². The number of aromatic hydroxyl groups is 1. The number of aryl methyl sites for hydroxylation is 1. The van der Waals surface area contributed by atoms with E-state index in [2.05, 4.69) is 5.32 Å². The smallest absolute Gasteiger partial charge is 0.168 e. The summed E-state index contributed by atoms with van der Waals surface area (Å²) in [4.78, 5) is 0. The number of thiocarbonyl (C=S) groups is 1. The highest BCUT2D eigenvalue weighted by molar-refractivity contribution is 7.80. The summed E-state index contributed by atoms with van der Waals surface area (Å²) in [7, 11) is 0. The van der Waals surface area contributed by atoms with Crippen molar-refractivity contribution >= 4 is 34.6 Å². The Kier molecular flexibility index (Phi) is 3.93. The summed E-state index contributed by atoms with van der Waals surface area (Å²) < 4.78 is 0. The lowest BCUT2D eigenvalue weighted by Gasteiger charge is -2.14. The Balaban J connectivity index is 2.65. The highest BCUT2D eigenvalue weighted by atomic mass is 35.5. The maximum atomic E-state index is 10.2. The third kappa shape index (κ3) is 2.80. The Hall–Kier alpha value is -1.78. The van der Waals surface area contributed by atoms with E-state index < -0.39 is 0 Å². The van der Waals surface area contributed by atoms with Crippen LogP contribution >= 0.6 is 23.8 Å². The number of nitrogens with one attached hydrogen (secondary N) is 1. The molecule has 0 saturated carbocycles. The van der Waals surface area contributed by atoms with Crippen LogP contribution < -0.4 is 11.1 Å². The van der Waals surface area contributed by atoms with Gasteiger partial charge in [0.2, 0.25) is 0 Å². The van der Waals surface area contributed by atoms with Crippen LogP contribution in [0.5, 0.6) is 5.75 Å². The highest BCUT2D eigenvalue weighted by Crippen LogP contribution is 2.39. The SMILES string of the molecule is Cc1cccc(-c2cccc(Cl)c2NC(N)=S)c1O. The summed E-state index contributed by atoms with van der Waals surface area (Å²) in [5.41, 5.74) is 8.33. The minimum Gasteiger partial charge on any atom is -0.507 e. The summed E-state index contributed by atoms with van der Waals surface area (Å²) in [6.45, 7) is 1.84. The van der Waals surface area contributed by atoms with E-state index in [0.717, 1.165) is 11.1 Å². The van der Waals surface area contributed by atoms with Gasteiger partial charge in [0.25, 0.3) is 0 Å². The van der Waals surface area contributed by atoms with Gasteiger partial charge in [-0.1, -0.05) is 41.9 Å². The first-order chi connectivity index (χ1) is 9.00. The van der Waals surface area contributed by atoms with Crippen LogP contribution in [0.15, 0.2) is 36.4 Å². The topological polar surface area (TPSA) is 58.3 Å². The average molecular weight is 293 g/mol. The second-order valence-electron chi connectivity index (χ2n) is 4.12. The Labute approximate surface area is 122 Å². The van der Waals surface area contributed by atoms with Crippen molar-refractivity contribution in [1.29, 1.82) is 0 Å². The van der Waals surface area contributed by atoms with Crippen molar-refractivity contribution in [3.05, 3.63) is 47.0 Å². The molecule has 2 rings (SSSR count). The molecule has 0 saturated heterocycles. The summed E-state index contributed by atoms with van der Waals surface area (Å²) in [6.07, 6.45) is 0. The molecule has 98 valence electrons. The largest absolute Gasteiger partial charge is 0.507 e. The lowest BCUT2D eigenvalue weighted by molar-refractivity contribution is 0.473. The summed E-state index contributed by atoms with van der Waals surface area (Å²) in [6, 6.07) is 10.9. The lowest BCUT2D eigenvalue weighted by atomic mass is 10.00. The third-order valence-electron chi connectivity index (χ3n) is 2.79. The Bertz CT molecular complexity index is 643. The van der Waals surface area contributed by atoms with Crippen molar-refractivity contribution in [1.82, 2.24) is 0 Å². The fourth-order valence-corrected chi connectivity index (χ4v) is 2.20. The zero-order valence-corrected chi connectivity index (χ0v) is 11.8. The summed E-state index contributed by atoms with van der Waals surface area (Å²) in [5.74, 6) is 0.218. The van der Waals surface area contributed by atoms with Crippen LogP contribution in [0.1, 0.15) is 5.56 Å². The minimum absolute atomic E-state index is 0.126. The first-order valence-electron chi connectivity index (χ1n) is 5.64. The number of para-hydroxylation sites is 2. The van der Waals surface area contributed by atoms with E-state index in [9.17, 15) is 5.11 Å². The second-order valence-corrected chi connectivity index (χ2v) is 4.97. The van der Waals surface area contributed by atoms with Gasteiger partial charge >= 0.3 is 0 Å². The molecule has 2 aromatic rings. The van der Waals surface area contributed by atoms with E-state index in [1.165, 1.54) is 0 Å². The van der Waals surface area contributed by atoms with Crippen molar-refractivity contribution < 1.29 is 5.11 Å². The Morgan fingerprint density at radius 1 is 1.21 bits per heavy atom. The number of phenolic OH excluding ortho intramolecular Hbond substituents is 1. The van der Waals surface area contributed by atoms with Crippen molar-refractivity contribution in [3.8, 4) is 16.9 Å². The number of anilines is 1. The van der Waals surface area contributed by atoms with E-state index in [4.69, 9.17) is 29.6 Å². The van der Waals surface area contributed by atoms with E-state index in [1.54, 1.807) is 6.07 Å². The Morgan fingerprint density at radius 2 is 1.84 bits per heavy atom. The van der Waals surface area contributed by atoms with Gasteiger partial charge in [-0.2, -0.15) is 0 Å². The average Bonchev–Trinajstić information content (AvgIpc) is 2.35. The number of halogens is 1. The summed E-state index contributed by atoms with van der Waals surface area (Å²) in [5, 5.41) is 13.6. The van der Waals surface area contributed by atoms with E-state index in [-0.39, 0.29) is 10.9 Å². The quantitative estimate of drug-likeness (QED) is 0.739. The van der Waals surface area contributed by atoms with Gasteiger partial charge in [-0.05, 0) is 30.8 Å². The van der Waals surface area contributed by atoms with Crippen molar-refractivity contribution in [2.75, 3.05) is 5.32 Å². The maximum absolute atomic E-state index is 10.2. The predicted octanol–water partition coefficient (Wildman–Crippen LogP) is 3.68. The van der Waals surface area contributed by atoms with Gasteiger partial charge in [0.15, 0.2) is 5.11 Å². The van der Waals surface area contributed by atoms with Crippen LogP contribution in [0.4, 0.5) is 5.69 Å². The molecule has 0 atom stereocenters. The van der Waals surface area contributed by atoms with E-state index in [1.807, 2.05) is 37.3 Å². The first-order valence-corrected chi connectivity index (χ1v) is 6.43. The van der Waals surface area contributed by atoms with Gasteiger partial charge in [0.05, 0.1) is 10.7 Å². The van der Waals surface area contributed by atoms with Crippen molar-refractivity contribution in [2.24, 2.45) is 5.73 Å². The van der Waals surface area contributed by atoms with Crippen molar-refractivity contribution in [3.63, 3.8) is 0 Å². The predicted molar refractivity (Wildman–Crippen MR) is 83.7 cm³/mol. The molecule has 0 spiro atoms. The Morgan fingerprint density at radius 3 is 2.53 bits per heavy atom. The molecule has 0 aliphatic rings. The fraction of sp³-hybridized carbons (Fsp3) is 0.0714. The molecule has 2 aromatic carbocycles. The normalized spacial score (nSPS) is 10.2. The number of rotatable bonds is 2. The molecule has 0 aliphatic carbocycles. The molecule has 3 nitrogen and oxygen atoms in total. The van der Waals surface area contributed by atoms with Gasteiger partial charge in [0.1, 0.15) is 5.75 Å². The molecule has 0 radical (unpaired) electrons. The van der Waals surface area contributed by atoms with E-state index in [0.29, 0.717) is 16.3 Å². The zero-order chi connectivity index (χ0) is 14.0. The van der Waals surface area contributed by atoms with E-state index >= 15 is 0 Å². The molecule has 0 heterocycles. The zero-order valence-electron chi connectivity index (χ0n) is 10.3. The molecule has 0 bridgehead atoms. The molecule has 5 heteroatoms. The van der Waals surface area contributed by atoms with Gasteiger partial charge < -0.3 is 16.2 Å². The third-order valence-corrected chi connectivity index (χ3v) is 3.21. The second kappa shape index (κ2) is 5.47. The van der Waals surface area contributed by atoms with Crippen LogP contribution in [0, 0.1) is 6.92 Å². The van der Waals surface area contributed by atoms with Crippen LogP contribution in [0.25, 0.3) is 11.1 Å². The molecule has 19 heavy (non-hydrogen) atoms. The number of phenols is 1. The standard InChI is InChI=1S/C14H13ClN2OS/c1-8-4-2-6-10(13(8)18)9-5-3-7-11(15)12(9)17-14(16)19/h2-7,18H,1H3,(H3,16,17,19). The van der Waals surface area contributed by atoms with Crippen LogP contribution in [0.3, 0.4) is 0 Å². The van der Waals surface area contributed by atoms with Gasteiger partial charge in [-0.3, -0.25) is 0 Å².